The third-order valence-electron chi connectivity index (χ3n) is 2.74. The van der Waals surface area contributed by atoms with Crippen LogP contribution in [0.1, 0.15) is 6.42 Å². The van der Waals surface area contributed by atoms with Gasteiger partial charge in [0.25, 0.3) is 0 Å². The quantitative estimate of drug-likeness (QED) is 0.875. The van der Waals surface area contributed by atoms with E-state index in [1.165, 1.54) is 0 Å². The summed E-state index contributed by atoms with van der Waals surface area (Å²) >= 11 is 5.06. The number of aromatic nitrogens is 2. The molecule has 1 atom stereocenters. The Labute approximate surface area is 105 Å². The maximum absolute atomic E-state index is 9.55. The molecule has 0 aromatic carbocycles. The number of hydrogen-bond donors (Lipinski definition) is 1. The van der Waals surface area contributed by atoms with E-state index >= 15 is 0 Å². The number of aliphatic hydroxyl groups excluding tert-OH is 1. The van der Waals surface area contributed by atoms with Gasteiger partial charge in [0.1, 0.15) is 17.0 Å². The maximum Gasteiger partial charge on any atom is 0.140 e. The molecule has 0 amide bonds. The molecule has 2 aromatic heterocycles. The van der Waals surface area contributed by atoms with Crippen LogP contribution in [0.25, 0.3) is 10.2 Å². The molecule has 0 radical (unpaired) electrons. The van der Waals surface area contributed by atoms with Crippen molar-refractivity contribution in [3.63, 3.8) is 0 Å². The number of thiophene rings is 1. The van der Waals surface area contributed by atoms with Crippen LogP contribution in [0.15, 0.2) is 16.2 Å². The third-order valence-corrected chi connectivity index (χ3v) is 4.29. The molecular weight excluding hydrogens is 290 g/mol. The van der Waals surface area contributed by atoms with Gasteiger partial charge in [-0.05, 0) is 28.4 Å². The van der Waals surface area contributed by atoms with Gasteiger partial charge in [-0.25, -0.2) is 9.97 Å². The highest BCUT2D eigenvalue weighted by Gasteiger charge is 2.23. The number of aliphatic hydroxyl groups is 1. The normalized spacial score (nSPS) is 20.9. The first-order valence-corrected chi connectivity index (χ1v) is 6.68. The lowest BCUT2D eigenvalue weighted by atomic mass is 10.3. The summed E-state index contributed by atoms with van der Waals surface area (Å²) in [5.41, 5.74) is 0. The molecule has 0 bridgehead atoms. The Morgan fingerprint density at radius 1 is 1.50 bits per heavy atom. The van der Waals surface area contributed by atoms with Gasteiger partial charge in [-0.2, -0.15) is 0 Å². The number of rotatable bonds is 1. The number of fused-ring (bicyclic) bond motifs is 1. The van der Waals surface area contributed by atoms with Crippen LogP contribution in [0.4, 0.5) is 5.82 Å². The zero-order valence-corrected chi connectivity index (χ0v) is 10.8. The summed E-state index contributed by atoms with van der Waals surface area (Å²) < 4.78 is 1.06. The van der Waals surface area contributed by atoms with E-state index in [0.29, 0.717) is 6.54 Å². The topological polar surface area (TPSA) is 49.2 Å². The first kappa shape index (κ1) is 10.4. The zero-order valence-electron chi connectivity index (χ0n) is 8.43. The SMILES string of the molecule is OC1CCN(c2ncnc3sc(Br)cc23)C1. The summed E-state index contributed by atoms with van der Waals surface area (Å²) in [6.45, 7) is 1.53. The van der Waals surface area contributed by atoms with Gasteiger partial charge in [0.2, 0.25) is 0 Å². The van der Waals surface area contributed by atoms with Crippen LogP contribution in [0, 0.1) is 0 Å². The van der Waals surface area contributed by atoms with Crippen molar-refractivity contribution in [1.29, 1.82) is 0 Å². The van der Waals surface area contributed by atoms with Crippen LogP contribution >= 0.6 is 27.3 Å². The van der Waals surface area contributed by atoms with Crippen molar-refractivity contribution >= 4 is 43.3 Å². The van der Waals surface area contributed by atoms with Gasteiger partial charge in [-0.3, -0.25) is 0 Å². The van der Waals surface area contributed by atoms with Gasteiger partial charge in [0.15, 0.2) is 0 Å². The predicted octanol–water partition coefficient (Wildman–Crippen LogP) is 2.02. The number of nitrogens with zero attached hydrogens (tertiary/aromatic N) is 3. The van der Waals surface area contributed by atoms with Gasteiger partial charge in [-0.15, -0.1) is 11.3 Å². The summed E-state index contributed by atoms with van der Waals surface area (Å²) in [5.74, 6) is 0.934. The van der Waals surface area contributed by atoms with E-state index < -0.39 is 0 Å². The average molecular weight is 300 g/mol. The Morgan fingerprint density at radius 2 is 2.38 bits per heavy atom. The van der Waals surface area contributed by atoms with E-state index in [4.69, 9.17) is 0 Å². The minimum atomic E-state index is -0.230. The van der Waals surface area contributed by atoms with E-state index in [1.54, 1.807) is 17.7 Å². The van der Waals surface area contributed by atoms with E-state index in [0.717, 1.165) is 32.8 Å². The molecule has 1 unspecified atom stereocenters. The van der Waals surface area contributed by atoms with Gasteiger partial charge >= 0.3 is 0 Å². The first-order chi connectivity index (χ1) is 7.74. The fraction of sp³-hybridized carbons (Fsp3) is 0.400. The van der Waals surface area contributed by atoms with Crippen molar-refractivity contribution in [2.24, 2.45) is 0 Å². The smallest absolute Gasteiger partial charge is 0.140 e. The highest BCUT2D eigenvalue weighted by molar-refractivity contribution is 9.11. The van der Waals surface area contributed by atoms with Crippen LogP contribution in [0.3, 0.4) is 0 Å². The van der Waals surface area contributed by atoms with E-state index in [-0.39, 0.29) is 6.10 Å². The van der Waals surface area contributed by atoms with E-state index in [1.807, 2.05) is 6.07 Å². The number of β-amino-alcohol motifs (C(OH)–C–C–N with tert-alkyl or cyclic N) is 1. The lowest BCUT2D eigenvalue weighted by Crippen LogP contribution is -2.22. The fourth-order valence-electron chi connectivity index (χ4n) is 2.00. The second kappa shape index (κ2) is 3.94. The largest absolute Gasteiger partial charge is 0.391 e. The van der Waals surface area contributed by atoms with Crippen LogP contribution in [0.2, 0.25) is 0 Å². The van der Waals surface area contributed by atoms with Crippen molar-refractivity contribution < 1.29 is 5.11 Å². The van der Waals surface area contributed by atoms with Crippen molar-refractivity contribution in [3.05, 3.63) is 16.2 Å². The Morgan fingerprint density at radius 3 is 3.12 bits per heavy atom. The lowest BCUT2D eigenvalue weighted by molar-refractivity contribution is 0.198. The van der Waals surface area contributed by atoms with Crippen molar-refractivity contribution in [3.8, 4) is 0 Å². The van der Waals surface area contributed by atoms with Crippen molar-refractivity contribution in [2.45, 2.75) is 12.5 Å². The molecule has 3 rings (SSSR count). The zero-order chi connectivity index (χ0) is 11.1. The second-order valence-corrected chi connectivity index (χ2v) is 6.27. The minimum absolute atomic E-state index is 0.230. The molecule has 1 aliphatic heterocycles. The molecule has 0 spiro atoms. The summed E-state index contributed by atoms with van der Waals surface area (Å²) in [6, 6.07) is 2.04. The lowest BCUT2D eigenvalue weighted by Gasteiger charge is -2.16. The minimum Gasteiger partial charge on any atom is -0.391 e. The van der Waals surface area contributed by atoms with Crippen LogP contribution < -0.4 is 4.90 Å². The summed E-state index contributed by atoms with van der Waals surface area (Å²) in [6.07, 6.45) is 2.18. The fourth-order valence-corrected chi connectivity index (χ4v) is 3.41. The third kappa shape index (κ3) is 1.70. The summed E-state index contributed by atoms with van der Waals surface area (Å²) in [7, 11) is 0. The van der Waals surface area contributed by atoms with Gasteiger partial charge in [0.05, 0.1) is 15.3 Å². The highest BCUT2D eigenvalue weighted by atomic mass is 79.9. The van der Waals surface area contributed by atoms with Gasteiger partial charge < -0.3 is 10.0 Å². The molecule has 1 saturated heterocycles. The molecule has 0 saturated carbocycles. The molecule has 1 aliphatic rings. The molecule has 4 nitrogen and oxygen atoms in total. The Bertz CT molecular complexity index is 530. The molecule has 2 aromatic rings. The summed E-state index contributed by atoms with van der Waals surface area (Å²) in [5, 5.41) is 10.6. The van der Waals surface area contributed by atoms with Crippen LogP contribution in [0.5, 0.6) is 0 Å². The summed E-state index contributed by atoms with van der Waals surface area (Å²) in [4.78, 5) is 11.7. The van der Waals surface area contributed by atoms with Crippen molar-refractivity contribution in [2.75, 3.05) is 18.0 Å². The Hall–Kier alpha value is -0.720. The standard InChI is InChI=1S/C10H10BrN3OS/c11-8-3-7-9(12-5-13-10(7)16-8)14-2-1-6(15)4-14/h3,5-6,15H,1-2,4H2. The first-order valence-electron chi connectivity index (χ1n) is 5.07. The number of hydrogen-bond acceptors (Lipinski definition) is 5. The molecule has 0 aliphatic carbocycles. The molecule has 3 heterocycles. The highest BCUT2D eigenvalue weighted by Crippen LogP contribution is 2.34. The van der Waals surface area contributed by atoms with E-state index in [2.05, 4.69) is 30.8 Å². The molecule has 6 heteroatoms. The molecule has 84 valence electrons. The molecule has 1 fully saturated rings. The Balaban J connectivity index is 2.09. The molecular formula is C10H10BrN3OS. The van der Waals surface area contributed by atoms with E-state index in [9.17, 15) is 5.11 Å². The van der Waals surface area contributed by atoms with Crippen LogP contribution in [-0.2, 0) is 0 Å². The predicted molar refractivity (Wildman–Crippen MR) is 68.0 cm³/mol. The number of anilines is 1. The monoisotopic (exact) mass is 299 g/mol. The van der Waals surface area contributed by atoms with Crippen molar-refractivity contribution in [1.82, 2.24) is 9.97 Å². The van der Waals surface area contributed by atoms with Gasteiger partial charge in [0, 0.05) is 13.1 Å². The average Bonchev–Trinajstić information content (AvgIpc) is 2.82. The second-order valence-electron chi connectivity index (χ2n) is 3.86. The molecule has 16 heavy (non-hydrogen) atoms. The van der Waals surface area contributed by atoms with Gasteiger partial charge in [-0.1, -0.05) is 0 Å². The number of halogens is 1. The van der Waals surface area contributed by atoms with Crippen LogP contribution in [-0.4, -0.2) is 34.3 Å². The maximum atomic E-state index is 9.55. The Kier molecular flexibility index (Phi) is 2.57. The molecule has 1 N–H and O–H groups in total.